The molecule has 7 aromatic rings. The smallest absolute Gasteiger partial charge is 0.138 e. The molecule has 3 aromatic heterocycles. The van der Waals surface area contributed by atoms with Crippen LogP contribution in [-0.4, -0.2) is 18.0 Å². The third-order valence-electron chi connectivity index (χ3n) is 7.52. The molecule has 0 spiro atoms. The summed E-state index contributed by atoms with van der Waals surface area (Å²) < 4.78 is 29.3. The molecule has 0 fully saturated rings. The van der Waals surface area contributed by atoms with Gasteiger partial charge >= 0.3 is 0 Å². The van der Waals surface area contributed by atoms with Gasteiger partial charge in [-0.2, -0.15) is 0 Å². The molecule has 221 valence electrons. The van der Waals surface area contributed by atoms with Crippen LogP contribution in [0.5, 0.6) is 0 Å². The number of hydrogen-bond acceptors (Lipinski definition) is 3. The van der Waals surface area contributed by atoms with Crippen LogP contribution in [0.2, 0.25) is 19.6 Å². The Hall–Kier alpha value is -4.15. The van der Waals surface area contributed by atoms with E-state index in [0.29, 0.717) is 11.2 Å². The molecule has 0 N–H and O–H groups in total. The first-order valence-electron chi connectivity index (χ1n) is 15.8. The minimum Gasteiger partial charge on any atom is -0.456 e. The maximum Gasteiger partial charge on any atom is 0.138 e. The van der Waals surface area contributed by atoms with Crippen LogP contribution >= 0.6 is 0 Å². The van der Waals surface area contributed by atoms with Crippen LogP contribution in [0.25, 0.3) is 55.6 Å². The van der Waals surface area contributed by atoms with Crippen molar-refractivity contribution in [3.05, 3.63) is 139 Å². The zero-order valence-corrected chi connectivity index (χ0v) is 28.5. The quantitative estimate of drug-likeness (QED) is 0.132. The molecular weight excluding hydrogens is 733 g/mol. The topological polar surface area (TPSA) is 38.9 Å². The maximum atomic E-state index is 7.78. The molecule has 7 rings (SSSR count). The van der Waals surface area contributed by atoms with Crippen molar-refractivity contribution < 1.29 is 28.6 Å². The summed E-state index contributed by atoms with van der Waals surface area (Å²) in [5, 5.41) is 2.96. The van der Waals surface area contributed by atoms with E-state index in [4.69, 9.17) is 8.53 Å². The van der Waals surface area contributed by atoms with Gasteiger partial charge in [0.25, 0.3) is 0 Å². The van der Waals surface area contributed by atoms with Gasteiger partial charge in [0.1, 0.15) is 11.2 Å². The number of pyridine rings is 2. The summed E-state index contributed by atoms with van der Waals surface area (Å²) >= 11 is 0. The first kappa shape index (κ1) is 27.4. The minimum atomic E-state index is -2.24. The molecule has 3 nitrogen and oxygen atoms in total. The van der Waals surface area contributed by atoms with Crippen molar-refractivity contribution in [1.82, 2.24) is 9.97 Å². The Kier molecular flexibility index (Phi) is 8.24. The maximum absolute atomic E-state index is 7.78. The van der Waals surface area contributed by atoms with Crippen LogP contribution in [0.4, 0.5) is 0 Å². The zero-order chi connectivity index (χ0) is 32.5. The number of hydrogen-bond donors (Lipinski definition) is 0. The molecule has 0 unspecified atom stereocenters. The van der Waals surface area contributed by atoms with Crippen LogP contribution in [0.3, 0.4) is 0 Å². The van der Waals surface area contributed by atoms with Crippen molar-refractivity contribution in [3.8, 4) is 33.6 Å². The monoisotopic (exact) mass is 770 g/mol. The molecule has 44 heavy (non-hydrogen) atoms. The fourth-order valence-electron chi connectivity index (χ4n) is 5.03. The normalized spacial score (nSPS) is 12.4. The summed E-state index contributed by atoms with van der Waals surface area (Å²) in [6.07, 6.45) is 3.76. The van der Waals surface area contributed by atoms with E-state index in [1.165, 1.54) is 5.19 Å². The van der Waals surface area contributed by atoms with Gasteiger partial charge in [-0.15, -0.1) is 65.2 Å². The molecule has 4 aromatic carbocycles. The van der Waals surface area contributed by atoms with Crippen LogP contribution < -0.4 is 5.19 Å². The third-order valence-corrected chi connectivity index (χ3v) is 9.54. The predicted octanol–water partition coefficient (Wildman–Crippen LogP) is 9.82. The number of aromatic nitrogens is 2. The molecule has 5 heteroatoms. The fraction of sp³-hybridized carbons (Fsp3) is 0.128. The van der Waals surface area contributed by atoms with Gasteiger partial charge in [-0.05, 0) is 40.6 Å². The number of nitrogens with zero attached hydrogens (tertiary/aromatic N) is 2. The Morgan fingerprint density at radius 3 is 2.23 bits per heavy atom. The summed E-state index contributed by atoms with van der Waals surface area (Å²) in [6.45, 7) is 6.82. The Balaban J connectivity index is 0.000000217. The van der Waals surface area contributed by atoms with Gasteiger partial charge in [-0.3, -0.25) is 0 Å². The second-order valence-electron chi connectivity index (χ2n) is 11.6. The third kappa shape index (κ3) is 6.66. The average molecular weight is 770 g/mol. The van der Waals surface area contributed by atoms with Crippen LogP contribution in [0, 0.1) is 25.9 Å². The Bertz CT molecular complexity index is 2120. The van der Waals surface area contributed by atoms with Crippen molar-refractivity contribution in [2.75, 3.05) is 0 Å². The largest absolute Gasteiger partial charge is 0.456 e. The summed E-state index contributed by atoms with van der Waals surface area (Å²) in [6, 6.07) is 40.0. The van der Waals surface area contributed by atoms with Crippen LogP contribution in [-0.2, 0) is 20.1 Å². The second-order valence-corrected chi connectivity index (χ2v) is 16.7. The van der Waals surface area contributed by atoms with E-state index < -0.39 is 14.9 Å². The second kappa shape index (κ2) is 13.2. The van der Waals surface area contributed by atoms with E-state index in [9.17, 15) is 0 Å². The fourth-order valence-corrected chi connectivity index (χ4v) is 6.06. The summed E-state index contributed by atoms with van der Waals surface area (Å²) in [5.41, 5.74) is 8.27. The molecule has 0 saturated carbocycles. The Morgan fingerprint density at radius 2 is 1.52 bits per heavy atom. The standard InChI is InChI=1S/C25H18NO.C14H16NSi.Ir/c1-16-11-12-19(13-21(16)18-8-4-3-5-9-18)23-14-24-22(15-26-23)20-10-6-7-17(2)25(20)27-24;1-16(2,3)13-9-10-14(15-11-13)12-7-5-4-6-8-12;/h3-11,13-15H,1-2H3;4-7,9-11H,1-3H3;/q2*-1;/i2D3;;. The van der Waals surface area contributed by atoms with Gasteiger partial charge in [0.05, 0.1) is 8.07 Å². The van der Waals surface area contributed by atoms with E-state index in [0.717, 1.165) is 50.0 Å². The van der Waals surface area contributed by atoms with Gasteiger partial charge in [0.15, 0.2) is 0 Å². The molecule has 0 saturated heterocycles. The molecule has 3 heterocycles. The molecular formula is C39H34IrN2OSi-2. The summed E-state index contributed by atoms with van der Waals surface area (Å²) in [4.78, 5) is 9.14. The van der Waals surface area contributed by atoms with E-state index in [-0.39, 0.29) is 25.7 Å². The molecule has 1 radical (unpaired) electrons. The number of rotatable bonds is 4. The minimum absolute atomic E-state index is 0. The molecule has 0 aliphatic rings. The van der Waals surface area contributed by atoms with Gasteiger partial charge in [-0.25, -0.2) is 0 Å². The van der Waals surface area contributed by atoms with Crippen molar-refractivity contribution in [3.63, 3.8) is 0 Å². The van der Waals surface area contributed by atoms with Crippen LogP contribution in [0.1, 0.15) is 15.2 Å². The zero-order valence-electron chi connectivity index (χ0n) is 28.1. The number of furan rings is 1. The molecule has 0 aliphatic heterocycles. The average Bonchev–Trinajstić information content (AvgIpc) is 3.43. The SMILES string of the molecule is C[Si](C)(C)c1ccc(-c2[c-]cccc2)nc1.[2H]C([2H])([2H])c1cccc2c1oc1cc(-c3[c-]cc(C)c(-c4ccccc4)c3)ncc12.[Ir]. The van der Waals surface area contributed by atoms with Crippen LogP contribution in [0.15, 0.2) is 120 Å². The van der Waals surface area contributed by atoms with E-state index >= 15 is 0 Å². The number of para-hydroxylation sites is 1. The number of fused-ring (bicyclic) bond motifs is 3. The van der Waals surface area contributed by atoms with Gasteiger partial charge in [-0.1, -0.05) is 92.8 Å². The van der Waals surface area contributed by atoms with Crippen molar-refractivity contribution in [2.45, 2.75) is 33.4 Å². The number of aryl methyl sites for hydroxylation is 2. The predicted molar refractivity (Wildman–Crippen MR) is 182 cm³/mol. The van der Waals surface area contributed by atoms with Gasteiger partial charge < -0.3 is 14.4 Å². The van der Waals surface area contributed by atoms with Crippen molar-refractivity contribution in [2.24, 2.45) is 0 Å². The molecule has 0 amide bonds. The first-order chi connectivity index (χ1) is 22.0. The van der Waals surface area contributed by atoms with Crippen molar-refractivity contribution in [1.29, 1.82) is 0 Å². The van der Waals surface area contributed by atoms with Crippen molar-refractivity contribution >= 4 is 35.2 Å². The first-order valence-corrected chi connectivity index (χ1v) is 17.8. The number of benzene rings is 4. The van der Waals surface area contributed by atoms with E-state index in [1.54, 1.807) is 18.3 Å². The van der Waals surface area contributed by atoms with E-state index in [1.807, 2.05) is 66.9 Å². The van der Waals surface area contributed by atoms with Gasteiger partial charge in [0.2, 0.25) is 0 Å². The Labute approximate surface area is 278 Å². The summed E-state index contributed by atoms with van der Waals surface area (Å²) in [7, 11) is -1.23. The Morgan fingerprint density at radius 1 is 0.727 bits per heavy atom. The summed E-state index contributed by atoms with van der Waals surface area (Å²) in [5.74, 6) is 0. The molecule has 0 bridgehead atoms. The van der Waals surface area contributed by atoms with E-state index in [2.05, 4.69) is 79.0 Å². The molecule has 0 atom stereocenters. The molecule has 0 aliphatic carbocycles. The van der Waals surface area contributed by atoms with Gasteiger partial charge in [0, 0.05) is 47.4 Å².